The van der Waals surface area contributed by atoms with Crippen LogP contribution in [0.3, 0.4) is 0 Å². The summed E-state index contributed by atoms with van der Waals surface area (Å²) in [7, 11) is 0. The Bertz CT molecular complexity index is 395. The summed E-state index contributed by atoms with van der Waals surface area (Å²) >= 11 is 5.28. The average molecular weight is 241 g/mol. The van der Waals surface area contributed by atoms with Gasteiger partial charge in [0, 0.05) is 6.07 Å². The highest BCUT2D eigenvalue weighted by molar-refractivity contribution is 6.31. The second-order valence-electron chi connectivity index (χ2n) is 2.45. The van der Waals surface area contributed by atoms with Crippen molar-refractivity contribution < 1.29 is 27.8 Å². The molecule has 0 fully saturated rings. The van der Waals surface area contributed by atoms with E-state index < -0.39 is 34.7 Å². The zero-order valence-corrected chi connectivity index (χ0v) is 7.76. The number of hydrogen-bond donors (Lipinski definition) is 1. The highest BCUT2D eigenvalue weighted by Crippen LogP contribution is 2.26. The Morgan fingerprint density at radius 1 is 1.47 bits per heavy atom. The molecule has 0 amide bonds. The lowest BCUT2D eigenvalue weighted by atomic mass is 10.2. The zero-order valence-electron chi connectivity index (χ0n) is 7.01. The summed E-state index contributed by atoms with van der Waals surface area (Å²) in [6, 6.07) is 1.41. The summed E-state index contributed by atoms with van der Waals surface area (Å²) in [5.41, 5.74) is -0.821. The van der Waals surface area contributed by atoms with Crippen LogP contribution in [-0.2, 0) is 0 Å². The number of carbonyl (C=O) groups is 1. The van der Waals surface area contributed by atoms with E-state index in [1.807, 2.05) is 0 Å². The Hall–Kier alpha value is -1.43. The molecule has 1 aromatic carbocycles. The summed E-state index contributed by atoms with van der Waals surface area (Å²) in [6.45, 7) is -3.13. The maximum atomic E-state index is 13.0. The third kappa shape index (κ3) is 2.76. The molecular weight excluding hydrogens is 237 g/mol. The molecule has 7 heteroatoms. The normalized spacial score (nSPS) is 10.5. The summed E-state index contributed by atoms with van der Waals surface area (Å²) in [6.07, 6.45) is 0. The Morgan fingerprint density at radius 3 is 2.53 bits per heavy atom. The first-order valence-corrected chi connectivity index (χ1v) is 3.96. The zero-order chi connectivity index (χ0) is 11.6. The summed E-state index contributed by atoms with van der Waals surface area (Å²) in [5, 5.41) is 7.91. The van der Waals surface area contributed by atoms with Crippen LogP contribution >= 0.6 is 11.6 Å². The van der Waals surface area contributed by atoms with E-state index >= 15 is 0 Å². The second kappa shape index (κ2) is 4.39. The molecule has 1 N–H and O–H groups in total. The predicted molar refractivity (Wildman–Crippen MR) is 45.0 cm³/mol. The van der Waals surface area contributed by atoms with Crippen molar-refractivity contribution in [3.63, 3.8) is 0 Å². The molecule has 0 spiro atoms. The first-order chi connectivity index (χ1) is 6.91. The van der Waals surface area contributed by atoms with Crippen molar-refractivity contribution in [1.29, 1.82) is 0 Å². The lowest BCUT2D eigenvalue weighted by molar-refractivity contribution is -0.0499. The van der Waals surface area contributed by atoms with Gasteiger partial charge >= 0.3 is 12.6 Å². The Labute approximate surface area is 87.0 Å². The number of carboxylic acids is 1. The molecule has 0 aliphatic heterocycles. The molecule has 0 aliphatic carbocycles. The molecular formula is C8H4ClF3O3. The van der Waals surface area contributed by atoms with Gasteiger partial charge in [0.25, 0.3) is 0 Å². The Balaban J connectivity index is 3.17. The molecule has 0 saturated heterocycles. The van der Waals surface area contributed by atoms with Crippen LogP contribution in [0.25, 0.3) is 0 Å². The molecule has 0 heterocycles. The van der Waals surface area contributed by atoms with Gasteiger partial charge in [0.05, 0.1) is 5.02 Å². The maximum absolute atomic E-state index is 13.0. The van der Waals surface area contributed by atoms with E-state index in [1.165, 1.54) is 0 Å². The van der Waals surface area contributed by atoms with E-state index in [0.717, 1.165) is 6.07 Å². The van der Waals surface area contributed by atoms with Crippen molar-refractivity contribution in [1.82, 2.24) is 0 Å². The number of alkyl halides is 2. The van der Waals surface area contributed by atoms with E-state index in [0.29, 0.717) is 6.07 Å². The van der Waals surface area contributed by atoms with E-state index in [1.54, 1.807) is 0 Å². The summed E-state index contributed by atoms with van der Waals surface area (Å²) in [4.78, 5) is 10.5. The minimum absolute atomic E-state index is 0.506. The lowest BCUT2D eigenvalue weighted by Gasteiger charge is -2.06. The van der Waals surface area contributed by atoms with Crippen LogP contribution in [-0.4, -0.2) is 17.7 Å². The third-order valence-electron chi connectivity index (χ3n) is 1.46. The lowest BCUT2D eigenvalue weighted by Crippen LogP contribution is -2.06. The SMILES string of the molecule is O=C(O)c1cc(OC(F)F)cc(Cl)c1F. The van der Waals surface area contributed by atoms with Gasteiger partial charge < -0.3 is 9.84 Å². The number of benzene rings is 1. The molecule has 0 aromatic heterocycles. The number of halogens is 4. The van der Waals surface area contributed by atoms with Crippen LogP contribution in [0, 0.1) is 5.82 Å². The molecule has 3 nitrogen and oxygen atoms in total. The minimum atomic E-state index is -3.13. The topological polar surface area (TPSA) is 46.5 Å². The van der Waals surface area contributed by atoms with Crippen LogP contribution in [0.15, 0.2) is 12.1 Å². The van der Waals surface area contributed by atoms with Gasteiger partial charge in [-0.2, -0.15) is 8.78 Å². The number of aromatic carboxylic acids is 1. The fourth-order valence-corrected chi connectivity index (χ4v) is 1.10. The molecule has 0 aliphatic rings. The molecule has 0 bridgehead atoms. The molecule has 0 radical (unpaired) electrons. The van der Waals surface area contributed by atoms with Gasteiger partial charge in [-0.25, -0.2) is 9.18 Å². The first kappa shape index (κ1) is 11.6. The minimum Gasteiger partial charge on any atom is -0.478 e. The van der Waals surface area contributed by atoms with Crippen molar-refractivity contribution in [2.24, 2.45) is 0 Å². The number of ether oxygens (including phenoxy) is 1. The predicted octanol–water partition coefficient (Wildman–Crippen LogP) is 2.78. The van der Waals surface area contributed by atoms with Crippen LogP contribution in [0.4, 0.5) is 13.2 Å². The number of rotatable bonds is 3. The highest BCUT2D eigenvalue weighted by atomic mass is 35.5. The standard InChI is InChI=1S/C8H4ClF3O3/c9-5-2-3(15-8(11)12)1-4(6(5)10)7(13)14/h1-2,8H,(H,13,14). The van der Waals surface area contributed by atoms with Crippen molar-refractivity contribution in [3.05, 3.63) is 28.5 Å². The average Bonchev–Trinajstić information content (AvgIpc) is 2.09. The van der Waals surface area contributed by atoms with Crippen LogP contribution < -0.4 is 4.74 Å². The molecule has 0 unspecified atom stereocenters. The van der Waals surface area contributed by atoms with Gasteiger partial charge in [-0.05, 0) is 6.07 Å². The van der Waals surface area contributed by atoms with Crippen molar-refractivity contribution in [2.75, 3.05) is 0 Å². The van der Waals surface area contributed by atoms with Gasteiger partial charge in [-0.3, -0.25) is 0 Å². The van der Waals surface area contributed by atoms with Crippen molar-refractivity contribution in [3.8, 4) is 5.75 Å². The largest absolute Gasteiger partial charge is 0.478 e. The molecule has 1 aromatic rings. The number of hydrogen-bond acceptors (Lipinski definition) is 2. The Morgan fingerprint density at radius 2 is 2.07 bits per heavy atom. The van der Waals surface area contributed by atoms with Crippen LogP contribution in [0.1, 0.15) is 10.4 Å². The van der Waals surface area contributed by atoms with E-state index in [9.17, 15) is 18.0 Å². The molecule has 0 saturated carbocycles. The molecule has 0 atom stereocenters. The smallest absolute Gasteiger partial charge is 0.387 e. The van der Waals surface area contributed by atoms with Crippen LogP contribution in [0.2, 0.25) is 5.02 Å². The van der Waals surface area contributed by atoms with E-state index in [4.69, 9.17) is 16.7 Å². The quantitative estimate of drug-likeness (QED) is 0.884. The monoisotopic (exact) mass is 240 g/mol. The maximum Gasteiger partial charge on any atom is 0.387 e. The molecule has 15 heavy (non-hydrogen) atoms. The highest BCUT2D eigenvalue weighted by Gasteiger charge is 2.17. The second-order valence-corrected chi connectivity index (χ2v) is 2.86. The molecule has 82 valence electrons. The van der Waals surface area contributed by atoms with E-state index in [-0.39, 0.29) is 0 Å². The third-order valence-corrected chi connectivity index (χ3v) is 1.73. The molecule has 1 rings (SSSR count). The van der Waals surface area contributed by atoms with Gasteiger partial charge in [0.15, 0.2) is 5.82 Å². The summed E-state index contributed by atoms with van der Waals surface area (Å²) < 4.78 is 40.5. The fourth-order valence-electron chi connectivity index (χ4n) is 0.891. The van der Waals surface area contributed by atoms with Gasteiger partial charge in [0.1, 0.15) is 11.3 Å². The van der Waals surface area contributed by atoms with Crippen LogP contribution in [0.5, 0.6) is 5.75 Å². The van der Waals surface area contributed by atoms with Gasteiger partial charge in [-0.1, -0.05) is 11.6 Å². The fraction of sp³-hybridized carbons (Fsp3) is 0.125. The summed E-state index contributed by atoms with van der Waals surface area (Å²) in [5.74, 6) is -3.31. The number of carboxylic acid groups (broad SMARTS) is 1. The van der Waals surface area contributed by atoms with Crippen molar-refractivity contribution in [2.45, 2.75) is 6.61 Å². The van der Waals surface area contributed by atoms with Gasteiger partial charge in [-0.15, -0.1) is 0 Å². The van der Waals surface area contributed by atoms with Crippen molar-refractivity contribution >= 4 is 17.6 Å². The Kier molecular flexibility index (Phi) is 3.41. The van der Waals surface area contributed by atoms with E-state index in [2.05, 4.69) is 4.74 Å². The van der Waals surface area contributed by atoms with Gasteiger partial charge in [0.2, 0.25) is 0 Å². The first-order valence-electron chi connectivity index (χ1n) is 3.59.